The van der Waals surface area contributed by atoms with Crippen LogP contribution in [0, 0.1) is 13.8 Å². The number of carbonyl (C=O) groups is 2. The number of hydrogen-bond acceptors (Lipinski definition) is 5. The van der Waals surface area contributed by atoms with Crippen LogP contribution in [0.3, 0.4) is 0 Å². The van der Waals surface area contributed by atoms with Gasteiger partial charge in [0, 0.05) is 48.8 Å². The van der Waals surface area contributed by atoms with Gasteiger partial charge in [-0.2, -0.15) is 4.31 Å². The molecule has 8 nitrogen and oxygen atoms in total. The summed E-state index contributed by atoms with van der Waals surface area (Å²) < 4.78 is 27.4. The van der Waals surface area contributed by atoms with Crippen LogP contribution in [0.15, 0.2) is 29.2 Å². The van der Waals surface area contributed by atoms with Crippen molar-refractivity contribution in [2.45, 2.75) is 25.2 Å². The molecule has 0 unspecified atom stereocenters. The molecule has 2 N–H and O–H groups in total. The van der Waals surface area contributed by atoms with Gasteiger partial charge in [-0.25, -0.2) is 8.42 Å². The Kier molecular flexibility index (Phi) is 5.05. The average Bonchev–Trinajstić information content (AvgIpc) is 3.21. The van der Waals surface area contributed by atoms with E-state index >= 15 is 0 Å². The Labute approximate surface area is 169 Å². The highest BCUT2D eigenvalue weighted by atomic mass is 32.2. The molecule has 2 aliphatic heterocycles. The minimum absolute atomic E-state index is 0.0407. The van der Waals surface area contributed by atoms with Gasteiger partial charge in [-0.05, 0) is 43.7 Å². The largest absolute Gasteiger partial charge is 0.362 e. The van der Waals surface area contributed by atoms with Gasteiger partial charge >= 0.3 is 0 Å². The number of piperazine rings is 1. The number of H-pyrrole nitrogens is 1. The summed E-state index contributed by atoms with van der Waals surface area (Å²) in [6.45, 7) is 5.72. The summed E-state index contributed by atoms with van der Waals surface area (Å²) in [4.78, 5) is 29.4. The Hall–Kier alpha value is -2.49. The zero-order chi connectivity index (χ0) is 20.8. The second kappa shape index (κ2) is 7.40. The third kappa shape index (κ3) is 3.85. The van der Waals surface area contributed by atoms with Gasteiger partial charge in [0.15, 0.2) is 5.78 Å². The molecular weight excluding hydrogens is 392 g/mol. The van der Waals surface area contributed by atoms with E-state index in [1.807, 2.05) is 24.8 Å². The van der Waals surface area contributed by atoms with Crippen LogP contribution in [-0.2, 0) is 21.2 Å². The Bertz CT molecular complexity index is 1080. The van der Waals surface area contributed by atoms with Crippen LogP contribution in [0.25, 0.3) is 0 Å². The van der Waals surface area contributed by atoms with E-state index in [1.165, 1.54) is 10.4 Å². The summed E-state index contributed by atoms with van der Waals surface area (Å²) >= 11 is 0. The first-order chi connectivity index (χ1) is 13.7. The summed E-state index contributed by atoms with van der Waals surface area (Å²) in [6, 6.07) is 6.61. The molecule has 1 amide bonds. The number of sulfonamides is 1. The van der Waals surface area contributed by atoms with Crippen molar-refractivity contribution in [3.63, 3.8) is 0 Å². The average molecular weight is 417 g/mol. The maximum atomic E-state index is 13.0. The number of nitrogens with one attached hydrogen (secondary N) is 2. The van der Waals surface area contributed by atoms with Crippen LogP contribution in [0.5, 0.6) is 0 Å². The predicted molar refractivity (Wildman–Crippen MR) is 109 cm³/mol. The van der Waals surface area contributed by atoms with Crippen molar-refractivity contribution in [1.29, 1.82) is 0 Å². The van der Waals surface area contributed by atoms with Crippen LogP contribution in [0.4, 0.5) is 5.69 Å². The fraction of sp³-hybridized carbons (Fsp3) is 0.400. The molecule has 2 aromatic rings. The number of Topliss-reactive ketones (excluding diaryl/α,β-unsaturated/α-hetero) is 1. The third-order valence-electron chi connectivity index (χ3n) is 5.49. The van der Waals surface area contributed by atoms with Gasteiger partial charge in [0.05, 0.1) is 17.9 Å². The zero-order valence-electron chi connectivity index (χ0n) is 16.5. The van der Waals surface area contributed by atoms with E-state index in [2.05, 4.69) is 10.3 Å². The SMILES string of the molecule is Cc1cc(C(=O)CN2CCN(S(=O)(=O)c3ccc4c(c3)CC(=O)N4)CC2)c(C)[nH]1. The number of anilines is 1. The minimum Gasteiger partial charge on any atom is -0.362 e. The van der Waals surface area contributed by atoms with Gasteiger partial charge in [-0.1, -0.05) is 0 Å². The number of rotatable bonds is 5. The van der Waals surface area contributed by atoms with E-state index in [0.29, 0.717) is 43.0 Å². The fourth-order valence-electron chi connectivity index (χ4n) is 3.94. The topological polar surface area (TPSA) is 103 Å². The molecule has 0 saturated carbocycles. The van der Waals surface area contributed by atoms with Crippen LogP contribution in [-0.4, -0.2) is 67.0 Å². The molecule has 0 spiro atoms. The lowest BCUT2D eigenvalue weighted by atomic mass is 10.1. The third-order valence-corrected chi connectivity index (χ3v) is 7.38. The van der Waals surface area contributed by atoms with Crippen molar-refractivity contribution in [2.24, 2.45) is 0 Å². The Balaban J connectivity index is 1.40. The lowest BCUT2D eigenvalue weighted by Crippen LogP contribution is -2.49. The molecule has 0 atom stereocenters. The molecule has 2 aliphatic rings. The molecule has 1 saturated heterocycles. The molecular formula is C20H24N4O4S. The first kappa shape index (κ1) is 19.8. The summed E-state index contributed by atoms with van der Waals surface area (Å²) in [5, 5.41) is 2.71. The maximum Gasteiger partial charge on any atom is 0.243 e. The van der Waals surface area contributed by atoms with Crippen LogP contribution in [0.2, 0.25) is 0 Å². The highest BCUT2D eigenvalue weighted by Crippen LogP contribution is 2.27. The molecule has 4 rings (SSSR count). The number of aromatic amines is 1. The number of fused-ring (bicyclic) bond motifs is 1. The van der Waals surface area contributed by atoms with Crippen molar-refractivity contribution in [1.82, 2.24) is 14.2 Å². The first-order valence-corrected chi connectivity index (χ1v) is 11.0. The van der Waals surface area contributed by atoms with Crippen molar-refractivity contribution >= 4 is 27.4 Å². The highest BCUT2D eigenvalue weighted by molar-refractivity contribution is 7.89. The van der Waals surface area contributed by atoms with Crippen molar-refractivity contribution in [3.8, 4) is 0 Å². The molecule has 1 fully saturated rings. The Morgan fingerprint density at radius 3 is 2.48 bits per heavy atom. The molecule has 1 aromatic carbocycles. The Morgan fingerprint density at radius 1 is 1.10 bits per heavy atom. The van der Waals surface area contributed by atoms with E-state index in [0.717, 1.165) is 11.4 Å². The van der Waals surface area contributed by atoms with E-state index in [9.17, 15) is 18.0 Å². The smallest absolute Gasteiger partial charge is 0.243 e. The number of aryl methyl sites for hydroxylation is 2. The minimum atomic E-state index is -3.63. The number of ketones is 1. The van der Waals surface area contributed by atoms with Gasteiger partial charge in [0.25, 0.3) is 0 Å². The summed E-state index contributed by atoms with van der Waals surface area (Å²) in [6.07, 6.45) is 0.201. The van der Waals surface area contributed by atoms with E-state index < -0.39 is 10.0 Å². The number of nitrogens with zero attached hydrogens (tertiary/aromatic N) is 2. The number of aromatic nitrogens is 1. The second-order valence-electron chi connectivity index (χ2n) is 7.64. The normalized spacial score (nSPS) is 17.9. The molecule has 154 valence electrons. The van der Waals surface area contributed by atoms with Crippen molar-refractivity contribution in [2.75, 3.05) is 38.0 Å². The lowest BCUT2D eigenvalue weighted by Gasteiger charge is -2.33. The number of carbonyl (C=O) groups excluding carboxylic acids is 2. The summed E-state index contributed by atoms with van der Waals surface area (Å²) in [5.74, 6) is -0.0837. The second-order valence-corrected chi connectivity index (χ2v) is 9.58. The molecule has 0 radical (unpaired) electrons. The van der Waals surface area contributed by atoms with E-state index in [-0.39, 0.29) is 29.6 Å². The van der Waals surface area contributed by atoms with Gasteiger partial charge < -0.3 is 10.3 Å². The Morgan fingerprint density at radius 2 is 1.83 bits per heavy atom. The molecule has 29 heavy (non-hydrogen) atoms. The monoisotopic (exact) mass is 416 g/mol. The standard InChI is InChI=1S/C20H24N4O4S/c1-13-9-17(14(2)21-13)19(25)12-23-5-7-24(8-6-23)29(27,28)16-3-4-18-15(10-16)11-20(26)22-18/h3-4,9-10,21H,5-8,11-12H2,1-2H3,(H,22,26). The van der Waals surface area contributed by atoms with E-state index in [4.69, 9.17) is 0 Å². The number of hydrogen-bond donors (Lipinski definition) is 2. The molecule has 3 heterocycles. The predicted octanol–water partition coefficient (Wildman–Crippen LogP) is 1.32. The number of amides is 1. The summed E-state index contributed by atoms with van der Waals surface area (Å²) in [7, 11) is -3.63. The van der Waals surface area contributed by atoms with Crippen LogP contribution in [0.1, 0.15) is 27.3 Å². The summed E-state index contributed by atoms with van der Waals surface area (Å²) in [5.41, 5.74) is 3.88. The maximum absolute atomic E-state index is 13.0. The van der Waals surface area contributed by atoms with Crippen molar-refractivity contribution < 1.29 is 18.0 Å². The first-order valence-electron chi connectivity index (χ1n) is 9.59. The van der Waals surface area contributed by atoms with Crippen LogP contribution >= 0.6 is 0 Å². The lowest BCUT2D eigenvalue weighted by molar-refractivity contribution is -0.115. The van der Waals surface area contributed by atoms with Crippen molar-refractivity contribution in [3.05, 3.63) is 46.8 Å². The fourth-order valence-corrected chi connectivity index (χ4v) is 5.42. The van der Waals surface area contributed by atoms with E-state index in [1.54, 1.807) is 12.1 Å². The number of benzene rings is 1. The zero-order valence-corrected chi connectivity index (χ0v) is 17.3. The van der Waals surface area contributed by atoms with Crippen LogP contribution < -0.4 is 5.32 Å². The van der Waals surface area contributed by atoms with Gasteiger partial charge in [-0.15, -0.1) is 0 Å². The molecule has 0 aliphatic carbocycles. The molecule has 0 bridgehead atoms. The molecule has 1 aromatic heterocycles. The quantitative estimate of drug-likeness (QED) is 0.716. The molecule has 9 heteroatoms. The van der Waals surface area contributed by atoms with Gasteiger partial charge in [-0.3, -0.25) is 14.5 Å². The highest BCUT2D eigenvalue weighted by Gasteiger charge is 2.30. The van der Waals surface area contributed by atoms with Gasteiger partial charge in [0.1, 0.15) is 0 Å². The van der Waals surface area contributed by atoms with Gasteiger partial charge in [0.2, 0.25) is 15.9 Å².